The van der Waals surface area contributed by atoms with Gasteiger partial charge in [-0.25, -0.2) is 13.4 Å². The molecule has 1 saturated heterocycles. The van der Waals surface area contributed by atoms with Crippen molar-refractivity contribution in [3.8, 4) is 11.5 Å². The van der Waals surface area contributed by atoms with E-state index in [1.165, 1.54) is 16.4 Å². The van der Waals surface area contributed by atoms with Crippen molar-refractivity contribution in [3.63, 3.8) is 0 Å². The van der Waals surface area contributed by atoms with E-state index in [0.29, 0.717) is 24.7 Å². The van der Waals surface area contributed by atoms with E-state index in [2.05, 4.69) is 4.31 Å². The molecule has 0 N–H and O–H groups in total. The average molecular weight is 338 g/mol. The van der Waals surface area contributed by atoms with Crippen LogP contribution in [0.3, 0.4) is 0 Å². The minimum atomic E-state index is -0.414. The number of nitrogens with zero attached hydrogens (tertiary/aromatic N) is 2. The molecule has 1 amide bonds. The first-order chi connectivity index (χ1) is 10.9. The van der Waals surface area contributed by atoms with Gasteiger partial charge >= 0.3 is 6.09 Å². The van der Waals surface area contributed by atoms with Crippen molar-refractivity contribution >= 4 is 18.2 Å². The molecule has 1 aromatic rings. The van der Waals surface area contributed by atoms with Gasteiger partial charge in [-0.1, -0.05) is 12.1 Å². The number of ether oxygens (including phenoxy) is 3. The highest BCUT2D eigenvalue weighted by atomic mass is 32.2. The molecule has 1 aromatic carbocycles. The Morgan fingerprint density at radius 3 is 2.83 bits per heavy atom. The van der Waals surface area contributed by atoms with E-state index >= 15 is 0 Å². The Labute approximate surface area is 140 Å². The van der Waals surface area contributed by atoms with Crippen LogP contribution < -0.4 is 9.47 Å². The molecule has 0 aliphatic carbocycles. The van der Waals surface area contributed by atoms with Gasteiger partial charge in [0.2, 0.25) is 0 Å². The number of carbonyl (C=O) groups is 1. The number of benzene rings is 1. The Hall–Kier alpha value is -1.44. The Morgan fingerprint density at radius 1 is 1.35 bits per heavy atom. The predicted octanol–water partition coefficient (Wildman–Crippen LogP) is 2.73. The maximum atomic E-state index is 12.3. The van der Waals surface area contributed by atoms with Gasteiger partial charge in [0.05, 0.1) is 13.2 Å². The number of hydrogen-bond donors (Lipinski definition) is 0. The number of amides is 1. The summed E-state index contributed by atoms with van der Waals surface area (Å²) < 4.78 is 20.3. The quantitative estimate of drug-likeness (QED) is 0.790. The lowest BCUT2D eigenvalue weighted by Gasteiger charge is -2.28. The minimum absolute atomic E-state index is 0.265. The summed E-state index contributed by atoms with van der Waals surface area (Å²) in [6, 6.07) is 5.67. The van der Waals surface area contributed by atoms with Crippen LogP contribution in [0.1, 0.15) is 19.4 Å². The first-order valence-corrected chi connectivity index (χ1v) is 8.45. The molecular weight excluding hydrogens is 316 g/mol. The fraction of sp³-hybridized carbons (Fsp3) is 0.562. The lowest BCUT2D eigenvalue weighted by Crippen LogP contribution is -2.36. The van der Waals surface area contributed by atoms with E-state index in [0.717, 1.165) is 25.1 Å². The van der Waals surface area contributed by atoms with E-state index in [4.69, 9.17) is 14.2 Å². The molecular formula is C16H22N2O4S. The van der Waals surface area contributed by atoms with E-state index in [-0.39, 0.29) is 5.60 Å². The van der Waals surface area contributed by atoms with E-state index in [1.807, 2.05) is 26.0 Å². The number of hydrogen-bond acceptors (Lipinski definition) is 6. The van der Waals surface area contributed by atoms with Crippen molar-refractivity contribution in [2.24, 2.45) is 0 Å². The maximum absolute atomic E-state index is 12.3. The van der Waals surface area contributed by atoms with Crippen LogP contribution in [0.5, 0.6) is 11.5 Å². The first-order valence-electron chi connectivity index (χ1n) is 7.72. The topological polar surface area (TPSA) is 51.2 Å². The van der Waals surface area contributed by atoms with Crippen LogP contribution in [0.2, 0.25) is 0 Å². The molecule has 0 radical (unpaired) electrons. The molecule has 2 aliphatic rings. The molecule has 0 unspecified atom stereocenters. The summed E-state index contributed by atoms with van der Waals surface area (Å²) in [4.78, 5) is 12.3. The molecule has 0 bridgehead atoms. The Morgan fingerprint density at radius 2 is 2.09 bits per heavy atom. The van der Waals surface area contributed by atoms with Crippen LogP contribution in [-0.2, 0) is 11.2 Å². The summed E-state index contributed by atoms with van der Waals surface area (Å²) in [6.07, 6.45) is 0.398. The highest BCUT2D eigenvalue weighted by molar-refractivity contribution is 7.95. The number of morpholine rings is 1. The largest absolute Gasteiger partial charge is 0.483 e. The molecule has 3 rings (SSSR count). The standard InChI is InChI=1S/C16H22N2O4S/c1-16(2)11-12-5-4-6-13(14(12)22-16)21-15(19)17(3)23-18-7-9-20-10-8-18/h4-6H,7-11H2,1-3H3. The van der Waals surface area contributed by atoms with Gasteiger partial charge in [0, 0.05) is 44.3 Å². The van der Waals surface area contributed by atoms with Crippen molar-refractivity contribution in [1.82, 2.24) is 8.61 Å². The molecule has 2 heterocycles. The van der Waals surface area contributed by atoms with Crippen molar-refractivity contribution in [3.05, 3.63) is 23.8 Å². The fourth-order valence-corrected chi connectivity index (χ4v) is 3.42. The van der Waals surface area contributed by atoms with Crippen LogP contribution in [0.4, 0.5) is 4.79 Å². The summed E-state index contributed by atoms with van der Waals surface area (Å²) in [5, 5.41) is 0. The van der Waals surface area contributed by atoms with Gasteiger partial charge in [-0.15, -0.1) is 0 Å². The lowest BCUT2D eigenvalue weighted by molar-refractivity contribution is 0.0759. The SMILES string of the molecule is CN(SN1CCOCC1)C(=O)Oc1cccc2c1OC(C)(C)C2. The van der Waals surface area contributed by atoms with Crippen LogP contribution >= 0.6 is 12.1 Å². The van der Waals surface area contributed by atoms with Crippen LogP contribution in [0.15, 0.2) is 18.2 Å². The molecule has 0 spiro atoms. The Bertz CT molecular complexity index is 587. The fourth-order valence-electron chi connectivity index (χ4n) is 2.66. The normalized spacial score (nSPS) is 19.8. The van der Waals surface area contributed by atoms with Gasteiger partial charge < -0.3 is 14.2 Å². The number of fused-ring (bicyclic) bond motifs is 1. The third-order valence-electron chi connectivity index (χ3n) is 3.72. The molecule has 6 nitrogen and oxygen atoms in total. The monoisotopic (exact) mass is 338 g/mol. The third-order valence-corrected chi connectivity index (χ3v) is 4.71. The molecule has 23 heavy (non-hydrogen) atoms. The van der Waals surface area contributed by atoms with Gasteiger partial charge in [0.25, 0.3) is 0 Å². The third kappa shape index (κ3) is 3.91. The zero-order valence-electron chi connectivity index (χ0n) is 13.7. The number of rotatable bonds is 3. The number of carbonyl (C=O) groups excluding carboxylic acids is 1. The van der Waals surface area contributed by atoms with Crippen molar-refractivity contribution in [2.45, 2.75) is 25.9 Å². The highest BCUT2D eigenvalue weighted by Crippen LogP contribution is 2.42. The molecule has 0 atom stereocenters. The highest BCUT2D eigenvalue weighted by Gasteiger charge is 2.33. The summed E-state index contributed by atoms with van der Waals surface area (Å²) in [5.74, 6) is 1.16. The van der Waals surface area contributed by atoms with Crippen LogP contribution in [-0.4, -0.2) is 53.7 Å². The summed E-state index contributed by atoms with van der Waals surface area (Å²) in [5.41, 5.74) is 0.808. The number of para-hydroxylation sites is 1. The molecule has 0 saturated carbocycles. The second-order valence-electron chi connectivity index (χ2n) is 6.27. The Balaban J connectivity index is 1.63. The van der Waals surface area contributed by atoms with E-state index in [1.54, 1.807) is 13.1 Å². The van der Waals surface area contributed by atoms with E-state index < -0.39 is 6.09 Å². The smallest absolute Gasteiger partial charge is 0.426 e. The molecule has 1 fully saturated rings. The average Bonchev–Trinajstić information content (AvgIpc) is 2.83. The predicted molar refractivity (Wildman–Crippen MR) is 88.6 cm³/mol. The van der Waals surface area contributed by atoms with Crippen molar-refractivity contribution < 1.29 is 19.0 Å². The first kappa shape index (κ1) is 16.4. The lowest BCUT2D eigenvalue weighted by atomic mass is 10.0. The molecule has 126 valence electrons. The van der Waals surface area contributed by atoms with Gasteiger partial charge in [-0.05, 0) is 19.9 Å². The van der Waals surface area contributed by atoms with Gasteiger partial charge in [-0.2, -0.15) is 0 Å². The Kier molecular flexibility index (Phi) is 4.70. The molecule has 7 heteroatoms. The van der Waals surface area contributed by atoms with Crippen molar-refractivity contribution in [2.75, 3.05) is 33.4 Å². The van der Waals surface area contributed by atoms with Crippen LogP contribution in [0, 0.1) is 0 Å². The zero-order valence-corrected chi connectivity index (χ0v) is 14.5. The maximum Gasteiger partial charge on any atom is 0.426 e. The van der Waals surface area contributed by atoms with Crippen molar-refractivity contribution in [1.29, 1.82) is 0 Å². The van der Waals surface area contributed by atoms with Crippen LogP contribution in [0.25, 0.3) is 0 Å². The summed E-state index contributed by atoms with van der Waals surface area (Å²) in [7, 11) is 1.70. The van der Waals surface area contributed by atoms with Gasteiger partial charge in [-0.3, -0.25) is 0 Å². The van der Waals surface area contributed by atoms with Gasteiger partial charge in [0.15, 0.2) is 11.5 Å². The van der Waals surface area contributed by atoms with Gasteiger partial charge in [0.1, 0.15) is 5.60 Å². The second kappa shape index (κ2) is 6.59. The summed E-state index contributed by atoms with van der Waals surface area (Å²) >= 11 is 1.35. The second-order valence-corrected chi connectivity index (χ2v) is 7.50. The molecule has 2 aliphatic heterocycles. The summed E-state index contributed by atoms with van der Waals surface area (Å²) in [6.45, 7) is 7.01. The minimum Gasteiger partial charge on any atom is -0.483 e. The zero-order chi connectivity index (χ0) is 16.4. The molecule has 0 aromatic heterocycles. The van der Waals surface area contributed by atoms with E-state index in [9.17, 15) is 4.79 Å².